The van der Waals surface area contributed by atoms with Crippen LogP contribution in [0.3, 0.4) is 0 Å². The molecule has 0 radical (unpaired) electrons. The van der Waals surface area contributed by atoms with Crippen LogP contribution in [0.4, 0.5) is 28.9 Å². The van der Waals surface area contributed by atoms with Gasteiger partial charge in [0.2, 0.25) is 0 Å². The van der Waals surface area contributed by atoms with Crippen molar-refractivity contribution in [1.29, 1.82) is 0 Å². The van der Waals surface area contributed by atoms with Gasteiger partial charge in [-0.15, -0.1) is 11.8 Å². The number of alkyl halides is 3. The molecule has 4 rings (SSSR count). The van der Waals surface area contributed by atoms with Crippen molar-refractivity contribution in [2.75, 3.05) is 50.7 Å². The Morgan fingerprint density at radius 2 is 1.92 bits per heavy atom. The van der Waals surface area contributed by atoms with E-state index in [-0.39, 0.29) is 24.0 Å². The van der Waals surface area contributed by atoms with Gasteiger partial charge in [0, 0.05) is 22.0 Å². The zero-order valence-electron chi connectivity index (χ0n) is 21.0. The topological polar surface area (TPSA) is 41.5 Å². The van der Waals surface area contributed by atoms with Crippen molar-refractivity contribution in [3.05, 3.63) is 47.9 Å². The van der Waals surface area contributed by atoms with Gasteiger partial charge in [0.1, 0.15) is 18.0 Å². The highest BCUT2D eigenvalue weighted by atomic mass is 32.2. The number of hydrogen-bond acceptors (Lipinski definition) is 5. The minimum absolute atomic E-state index is 0.0279. The fourth-order valence-corrected chi connectivity index (χ4v) is 4.96. The van der Waals surface area contributed by atoms with Gasteiger partial charge in [-0.1, -0.05) is 12.0 Å². The fourth-order valence-electron chi connectivity index (χ4n) is 4.51. The smallest absolute Gasteiger partial charge is 0.406 e. The van der Waals surface area contributed by atoms with Crippen LogP contribution in [0.1, 0.15) is 18.5 Å². The first kappa shape index (κ1) is 27.0. The molecule has 1 aliphatic rings. The summed E-state index contributed by atoms with van der Waals surface area (Å²) in [5.41, 5.74) is 1.68. The number of hydrogen-bond donors (Lipinski definition) is 2. The third kappa shape index (κ3) is 6.65. The van der Waals surface area contributed by atoms with Crippen LogP contribution >= 0.6 is 11.8 Å². The number of anilines is 2. The minimum atomic E-state index is -4.41. The van der Waals surface area contributed by atoms with E-state index in [2.05, 4.69) is 34.4 Å². The van der Waals surface area contributed by atoms with Crippen molar-refractivity contribution < 1.29 is 22.3 Å². The van der Waals surface area contributed by atoms with Crippen LogP contribution in [0.5, 0.6) is 5.75 Å². The molecule has 1 aliphatic heterocycles. The Morgan fingerprint density at radius 1 is 1.16 bits per heavy atom. The van der Waals surface area contributed by atoms with Crippen LogP contribution in [0.2, 0.25) is 0 Å². The van der Waals surface area contributed by atoms with E-state index in [4.69, 9.17) is 4.74 Å². The van der Waals surface area contributed by atoms with Crippen molar-refractivity contribution >= 4 is 34.0 Å². The summed E-state index contributed by atoms with van der Waals surface area (Å²) in [7, 11) is 3.53. The van der Waals surface area contributed by atoms with E-state index in [1.165, 1.54) is 29.5 Å². The van der Waals surface area contributed by atoms with Gasteiger partial charge >= 0.3 is 6.18 Å². The first-order valence-electron chi connectivity index (χ1n) is 12.0. The maximum atomic E-state index is 14.5. The molecular formula is C27H30F4N4OS. The number of likely N-dealkylation sites (tertiary alicyclic amines) is 1. The summed E-state index contributed by atoms with van der Waals surface area (Å²) in [6.07, 6.45) is -0.645. The molecule has 198 valence electrons. The maximum absolute atomic E-state index is 14.5. The number of piperidine rings is 1. The fraction of sp³-hybridized carbons (Fsp3) is 0.407. The average Bonchev–Trinajstić information content (AvgIpc) is 3.20. The number of benzene rings is 2. The number of aromatic nitrogens is 1. The van der Waals surface area contributed by atoms with Gasteiger partial charge < -0.3 is 24.8 Å². The standard InChI is InChI=1S/C27H30F4N4OS/c1-34-12-9-18(10-13-34)33-23-7-4-8-24-21(23)14-19(35(24)17-27(29,30)31)6-5-11-32-26-22(28)15-20(37-3)16-25(26)36-2/h4,7-8,14-16,18,32-33H,9-13,17H2,1-3H3. The van der Waals surface area contributed by atoms with Gasteiger partial charge in [-0.25, -0.2) is 4.39 Å². The number of halogens is 4. The summed E-state index contributed by atoms with van der Waals surface area (Å²) in [6.45, 7) is 0.819. The number of ether oxygens (including phenoxy) is 1. The Hall–Kier alpha value is -3.03. The molecule has 1 saturated heterocycles. The van der Waals surface area contributed by atoms with E-state index in [0.717, 1.165) is 31.6 Å². The second-order valence-corrected chi connectivity index (χ2v) is 9.91. The number of methoxy groups -OCH3 is 1. The molecule has 1 fully saturated rings. The van der Waals surface area contributed by atoms with E-state index < -0.39 is 18.5 Å². The predicted molar refractivity (Wildman–Crippen MR) is 142 cm³/mol. The molecule has 0 unspecified atom stereocenters. The summed E-state index contributed by atoms with van der Waals surface area (Å²) in [6, 6.07) is 10.4. The monoisotopic (exact) mass is 534 g/mol. The molecule has 2 N–H and O–H groups in total. The summed E-state index contributed by atoms with van der Waals surface area (Å²) >= 11 is 1.39. The van der Waals surface area contributed by atoms with Crippen LogP contribution in [-0.2, 0) is 6.54 Å². The second kappa shape index (κ2) is 11.6. The third-order valence-electron chi connectivity index (χ3n) is 6.41. The van der Waals surface area contributed by atoms with Crippen LogP contribution in [0, 0.1) is 17.7 Å². The quantitative estimate of drug-likeness (QED) is 0.220. The van der Waals surface area contributed by atoms with E-state index in [0.29, 0.717) is 21.5 Å². The van der Waals surface area contributed by atoms with Gasteiger partial charge in [0.05, 0.1) is 24.9 Å². The van der Waals surface area contributed by atoms with Gasteiger partial charge in [0.15, 0.2) is 5.82 Å². The predicted octanol–water partition coefficient (Wildman–Crippen LogP) is 6.04. The van der Waals surface area contributed by atoms with Crippen molar-refractivity contribution in [2.45, 2.75) is 36.5 Å². The van der Waals surface area contributed by atoms with Crippen LogP contribution in [0.25, 0.3) is 10.9 Å². The first-order valence-corrected chi connectivity index (χ1v) is 13.2. The molecule has 2 aromatic carbocycles. The van der Waals surface area contributed by atoms with Gasteiger partial charge in [-0.3, -0.25) is 0 Å². The van der Waals surface area contributed by atoms with Crippen molar-refractivity contribution in [2.24, 2.45) is 0 Å². The number of thioether (sulfide) groups is 1. The molecule has 0 saturated carbocycles. The second-order valence-electron chi connectivity index (χ2n) is 9.03. The lowest BCUT2D eigenvalue weighted by Gasteiger charge is -2.30. The third-order valence-corrected chi connectivity index (χ3v) is 7.12. The van der Waals surface area contributed by atoms with Crippen LogP contribution in [-0.4, -0.2) is 61.7 Å². The Morgan fingerprint density at radius 3 is 2.59 bits per heavy atom. The summed E-state index contributed by atoms with van der Waals surface area (Å²) in [5.74, 6) is 5.56. The van der Waals surface area contributed by atoms with Gasteiger partial charge in [-0.2, -0.15) is 13.2 Å². The highest BCUT2D eigenvalue weighted by Gasteiger charge is 2.30. The number of nitrogens with zero attached hydrogens (tertiary/aromatic N) is 2. The molecule has 0 amide bonds. The summed E-state index contributed by atoms with van der Waals surface area (Å²) in [5, 5.41) is 7.12. The summed E-state index contributed by atoms with van der Waals surface area (Å²) < 4.78 is 61.4. The Bertz CT molecular complexity index is 1300. The molecule has 5 nitrogen and oxygen atoms in total. The van der Waals surface area contributed by atoms with Crippen LogP contribution < -0.4 is 15.4 Å². The number of fused-ring (bicyclic) bond motifs is 1. The zero-order valence-corrected chi connectivity index (χ0v) is 21.8. The number of nitrogens with one attached hydrogen (secondary N) is 2. The van der Waals surface area contributed by atoms with Crippen molar-refractivity contribution in [3.63, 3.8) is 0 Å². The Balaban J connectivity index is 1.61. The molecule has 10 heteroatoms. The van der Waals surface area contributed by atoms with Crippen LogP contribution in [0.15, 0.2) is 41.3 Å². The lowest BCUT2D eigenvalue weighted by molar-refractivity contribution is -0.140. The Kier molecular flexibility index (Phi) is 8.45. The molecule has 3 aromatic rings. The van der Waals surface area contributed by atoms with Crippen molar-refractivity contribution in [1.82, 2.24) is 9.47 Å². The lowest BCUT2D eigenvalue weighted by Crippen LogP contribution is -2.36. The lowest BCUT2D eigenvalue weighted by atomic mass is 10.0. The minimum Gasteiger partial charge on any atom is -0.494 e. The molecule has 0 aliphatic carbocycles. The molecule has 2 heterocycles. The Labute approximate surface area is 218 Å². The number of rotatable bonds is 7. The normalized spacial score (nSPS) is 14.9. The van der Waals surface area contributed by atoms with Gasteiger partial charge in [0.25, 0.3) is 0 Å². The maximum Gasteiger partial charge on any atom is 0.406 e. The van der Waals surface area contributed by atoms with Crippen molar-refractivity contribution in [3.8, 4) is 17.6 Å². The SMILES string of the molecule is COc1cc(SC)cc(F)c1NCC#Cc1cc2c(NC3CCN(C)CC3)cccc2n1CC(F)(F)F. The molecule has 37 heavy (non-hydrogen) atoms. The zero-order chi connectivity index (χ0) is 26.6. The van der Waals surface area contributed by atoms with E-state index in [1.807, 2.05) is 12.3 Å². The summed E-state index contributed by atoms with van der Waals surface area (Å²) in [4.78, 5) is 2.98. The van der Waals surface area contributed by atoms with E-state index in [1.54, 1.807) is 24.3 Å². The molecule has 0 spiro atoms. The largest absolute Gasteiger partial charge is 0.494 e. The average molecular weight is 535 g/mol. The molecule has 1 aromatic heterocycles. The first-order chi connectivity index (χ1) is 17.7. The van der Waals surface area contributed by atoms with E-state index in [9.17, 15) is 17.6 Å². The van der Waals surface area contributed by atoms with E-state index >= 15 is 0 Å². The highest BCUT2D eigenvalue weighted by Crippen LogP contribution is 2.33. The highest BCUT2D eigenvalue weighted by molar-refractivity contribution is 7.98. The molecule has 0 atom stereocenters. The molecular weight excluding hydrogens is 504 g/mol. The van der Waals surface area contributed by atoms with Gasteiger partial charge in [-0.05, 0) is 75.5 Å². The molecule has 0 bridgehead atoms.